The molecule has 0 bridgehead atoms. The van der Waals surface area contributed by atoms with E-state index in [1.54, 1.807) is 69.2 Å². The highest BCUT2D eigenvalue weighted by Gasteiger charge is 2.10. The number of nitrogens with one attached hydrogen (secondary N) is 8. The Morgan fingerprint density at radius 3 is 1.65 bits per heavy atom. The summed E-state index contributed by atoms with van der Waals surface area (Å²) in [6.07, 6.45) is 15.6. The Labute approximate surface area is 437 Å². The fourth-order valence-corrected chi connectivity index (χ4v) is 7.40. The van der Waals surface area contributed by atoms with Crippen LogP contribution in [0.25, 0.3) is 33.1 Å². The quantitative estimate of drug-likeness (QED) is 0.0350. The summed E-state index contributed by atoms with van der Waals surface area (Å²) >= 11 is 11.7. The maximum absolute atomic E-state index is 11.4. The Morgan fingerprint density at radius 1 is 0.649 bits per heavy atom. The summed E-state index contributed by atoms with van der Waals surface area (Å²) in [6, 6.07) is 20.1. The Kier molecular flexibility index (Phi) is 19.5. The molecule has 20 nitrogen and oxygen atoms in total. The molecule has 1 aromatic carbocycles. The van der Waals surface area contributed by atoms with Crippen LogP contribution in [0.4, 0.5) is 40.5 Å². The van der Waals surface area contributed by atoms with Crippen molar-refractivity contribution >= 4 is 103 Å². The van der Waals surface area contributed by atoms with Gasteiger partial charge in [-0.05, 0) is 115 Å². The molecule has 10 N–H and O–H groups in total. The molecule has 22 heteroatoms. The van der Waals surface area contributed by atoms with Gasteiger partial charge in [0.25, 0.3) is 11.5 Å². The van der Waals surface area contributed by atoms with Crippen LogP contribution < -0.4 is 32.6 Å². The molecule has 74 heavy (non-hydrogen) atoms. The van der Waals surface area contributed by atoms with E-state index in [0.29, 0.717) is 51.8 Å². The summed E-state index contributed by atoms with van der Waals surface area (Å²) in [6.45, 7) is 17.8. The van der Waals surface area contributed by atoms with Crippen LogP contribution in [0.2, 0.25) is 10.4 Å². The van der Waals surface area contributed by atoms with Crippen molar-refractivity contribution in [2.24, 2.45) is 0 Å². The van der Waals surface area contributed by atoms with E-state index in [0.717, 1.165) is 67.8 Å². The zero-order valence-corrected chi connectivity index (χ0v) is 44.0. The summed E-state index contributed by atoms with van der Waals surface area (Å²) in [7, 11) is 1.58. The van der Waals surface area contributed by atoms with Gasteiger partial charge in [0.1, 0.15) is 27.9 Å². The highest BCUT2D eigenvalue weighted by Crippen LogP contribution is 2.23. The van der Waals surface area contributed by atoms with Gasteiger partial charge in [-0.1, -0.05) is 30.7 Å². The number of carbonyl (C=O) groups excluding carboxylic acids is 1. The summed E-state index contributed by atoms with van der Waals surface area (Å²) in [5.41, 5.74) is 13.8. The number of H-pyrrole nitrogens is 4. The van der Waals surface area contributed by atoms with Crippen molar-refractivity contribution in [2.75, 3.05) is 35.3 Å². The summed E-state index contributed by atoms with van der Waals surface area (Å²) < 4.78 is 0. The van der Waals surface area contributed by atoms with Gasteiger partial charge < -0.3 is 42.0 Å². The van der Waals surface area contributed by atoms with Gasteiger partial charge in [-0.3, -0.25) is 19.5 Å². The van der Waals surface area contributed by atoms with Crippen LogP contribution in [0, 0.1) is 20.8 Å². The fraction of sp³-hybridized carbons (Fsp3) is 0.231. The number of pyridine rings is 3. The van der Waals surface area contributed by atoms with Gasteiger partial charge in [0, 0.05) is 94.8 Å². The van der Waals surface area contributed by atoms with Gasteiger partial charge in [-0.25, -0.2) is 39.9 Å². The minimum atomic E-state index is -0.150. The largest absolute Gasteiger partial charge is 0.398 e. The topological polar surface area (TPSA) is 278 Å². The molecule has 0 aliphatic rings. The average molecular weight is 1040 g/mol. The van der Waals surface area contributed by atoms with E-state index in [1.807, 2.05) is 68.8 Å². The van der Waals surface area contributed by atoms with Gasteiger partial charge in [0.15, 0.2) is 0 Å². The van der Waals surface area contributed by atoms with Crippen LogP contribution in [-0.2, 0) is 0 Å². The van der Waals surface area contributed by atoms with Crippen molar-refractivity contribution in [1.82, 2.24) is 70.0 Å². The van der Waals surface area contributed by atoms with Crippen LogP contribution in [0.1, 0.15) is 61.7 Å². The third-order valence-electron chi connectivity index (χ3n) is 10.9. The molecular formula is C52H60Cl2N18O2. The second-order valence-corrected chi connectivity index (χ2v) is 17.8. The summed E-state index contributed by atoms with van der Waals surface area (Å²) in [5.74, 6) is 1.40. The van der Waals surface area contributed by atoms with Crippen molar-refractivity contribution in [3.05, 3.63) is 159 Å². The monoisotopic (exact) mass is 1040 g/mol. The van der Waals surface area contributed by atoms with Crippen LogP contribution in [0.15, 0.2) is 121 Å². The van der Waals surface area contributed by atoms with E-state index in [-0.39, 0.29) is 16.8 Å². The predicted octanol–water partition coefficient (Wildman–Crippen LogP) is 10.6. The van der Waals surface area contributed by atoms with E-state index in [4.69, 9.17) is 28.9 Å². The molecule has 0 spiro atoms. The molecule has 0 fully saturated rings. The van der Waals surface area contributed by atoms with Crippen molar-refractivity contribution in [1.29, 1.82) is 0 Å². The Morgan fingerprint density at radius 2 is 1.16 bits per heavy atom. The number of carbonyl (C=O) groups is 1. The minimum absolute atomic E-state index is 0.150. The zero-order chi connectivity index (χ0) is 53.3. The maximum Gasteiger partial charge on any atom is 0.255 e. The van der Waals surface area contributed by atoms with Crippen LogP contribution in [0.3, 0.4) is 0 Å². The number of benzene rings is 1. The van der Waals surface area contributed by atoms with Gasteiger partial charge in [-0.2, -0.15) is 0 Å². The molecule has 9 heterocycles. The van der Waals surface area contributed by atoms with Crippen LogP contribution in [-0.4, -0.2) is 96.3 Å². The lowest BCUT2D eigenvalue weighted by Gasteiger charge is -2.28. The summed E-state index contributed by atoms with van der Waals surface area (Å²) in [5, 5.41) is 15.5. The first-order chi connectivity index (χ1) is 35.5. The lowest BCUT2D eigenvalue weighted by atomic mass is 10.2. The molecule has 0 aliphatic carbocycles. The number of aryl methyl sites for hydroxylation is 3. The number of fused-ring (bicyclic) bond motifs is 3. The number of halogens is 2. The number of nitrogen functional groups attached to an aromatic ring is 1. The molecule has 10 rings (SSSR count). The second kappa shape index (κ2) is 26.3. The first-order valence-corrected chi connectivity index (χ1v) is 24.2. The number of para-hydroxylation sites is 1. The Hall–Kier alpha value is -8.46. The number of aromatic nitrogens is 12. The number of hydrogen-bond acceptors (Lipinski definition) is 15. The number of amides is 1. The first-order valence-electron chi connectivity index (χ1n) is 23.5. The molecule has 384 valence electrons. The van der Waals surface area contributed by atoms with Crippen molar-refractivity contribution in [3.63, 3.8) is 0 Å². The molecule has 0 radical (unpaired) electrons. The van der Waals surface area contributed by atoms with Crippen molar-refractivity contribution in [3.8, 4) is 0 Å². The Bertz CT molecular complexity index is 3470. The maximum atomic E-state index is 11.4. The molecule has 9 aromatic heterocycles. The molecule has 0 atom stereocenters. The number of rotatable bonds is 10. The van der Waals surface area contributed by atoms with E-state index >= 15 is 0 Å². The van der Waals surface area contributed by atoms with E-state index in [9.17, 15) is 9.59 Å². The fourth-order valence-electron chi connectivity index (χ4n) is 7.14. The zero-order valence-electron chi connectivity index (χ0n) is 42.5. The van der Waals surface area contributed by atoms with Gasteiger partial charge in [0.05, 0.1) is 41.2 Å². The number of nitrogens with zero attached hydrogens (tertiary/aromatic N) is 9. The van der Waals surface area contributed by atoms with Gasteiger partial charge in [-0.15, -0.1) is 0 Å². The minimum Gasteiger partial charge on any atom is -0.398 e. The standard InChI is InChI=1S/2C12H10ClN5.C12H11N5O.C8H10N2O.C8H19N/c1-7-5-16-12(13)18-10(7)17-9-4-8-2-3-14-11(8)15-6-9;1-7-5-16-12(18-10(7)13)17-9-4-8-2-3-14-11(8)15-6-9;1-7-5-15-12(17-11(7)18)16-9-4-8-2-3-13-10(8)14-6-9;1-10-8(11)6-4-2-3-5-7(6)9;1-6-9(7(2)3)8(4)5/h2*2-6H,1H3,(H,14,15)(H,16,17,18);2-6H,1H3,(H,13,14)(H2,15,16,17,18);2-5H,9H2,1H3,(H,10,11);7-8H,6H2,1-5H3. The lowest BCUT2D eigenvalue weighted by molar-refractivity contribution is 0.0964. The smallest absolute Gasteiger partial charge is 0.255 e. The van der Waals surface area contributed by atoms with Crippen molar-refractivity contribution in [2.45, 2.75) is 67.5 Å². The molecule has 0 unspecified atom stereocenters. The number of anilines is 7. The predicted molar refractivity (Wildman–Crippen MR) is 298 cm³/mol. The van der Waals surface area contributed by atoms with E-state index in [1.165, 1.54) is 6.20 Å². The highest BCUT2D eigenvalue weighted by molar-refractivity contribution is 6.30. The number of hydrogen-bond donors (Lipinski definition) is 9. The van der Waals surface area contributed by atoms with E-state index < -0.39 is 0 Å². The molecule has 0 saturated carbocycles. The van der Waals surface area contributed by atoms with E-state index in [2.05, 4.69) is 121 Å². The highest BCUT2D eigenvalue weighted by atomic mass is 35.5. The molecule has 0 saturated heterocycles. The third kappa shape index (κ3) is 15.5. The Balaban J connectivity index is 0.000000155. The summed E-state index contributed by atoms with van der Waals surface area (Å²) in [4.78, 5) is 70.0. The second-order valence-electron chi connectivity index (χ2n) is 17.1. The van der Waals surface area contributed by atoms with Gasteiger partial charge in [0.2, 0.25) is 17.2 Å². The van der Waals surface area contributed by atoms with Crippen molar-refractivity contribution < 1.29 is 4.79 Å². The van der Waals surface area contributed by atoms with Crippen LogP contribution >= 0.6 is 23.2 Å². The third-order valence-corrected chi connectivity index (χ3v) is 11.5. The normalized spacial score (nSPS) is 10.7. The lowest BCUT2D eigenvalue weighted by Crippen LogP contribution is -2.36. The number of aromatic amines is 4. The molecular weight excluding hydrogens is 980 g/mol. The molecule has 0 aliphatic heterocycles. The molecule has 10 aromatic rings. The van der Waals surface area contributed by atoms with Crippen LogP contribution in [0.5, 0.6) is 0 Å². The first kappa shape index (κ1) is 54.9. The average Bonchev–Trinajstić information content (AvgIpc) is 4.17. The number of nitrogens with two attached hydrogens (primary N) is 1. The van der Waals surface area contributed by atoms with Gasteiger partial charge >= 0.3 is 0 Å². The molecule has 1 amide bonds. The SMILES string of the molecule is CCN(C(C)C)C(C)C.CNC(=O)c1ccccc1N.Cc1cnc(Cl)nc1Nc1cnc2[nH]ccc2c1.Cc1cnc(Nc2cnc3[nH]ccc3c2)[nH]c1=O.Cc1cnc(Nc2cnc3[nH]ccc3c2)nc1Cl.